The number of rotatable bonds is 4. The molecule has 0 amide bonds. The molecule has 0 radical (unpaired) electrons. The van der Waals surface area contributed by atoms with E-state index in [0.717, 1.165) is 11.8 Å². The van der Waals surface area contributed by atoms with Crippen LogP contribution in [0.1, 0.15) is 5.56 Å². The van der Waals surface area contributed by atoms with E-state index in [1.54, 1.807) is 24.4 Å². The summed E-state index contributed by atoms with van der Waals surface area (Å²) in [6, 6.07) is 6.40. The van der Waals surface area contributed by atoms with Crippen LogP contribution >= 0.6 is 0 Å². The maximum atomic E-state index is 12.9. The molecule has 0 bridgehead atoms. The number of aromatic hydroxyl groups is 1. The molecule has 1 aromatic heterocycles. The molecule has 0 atom stereocenters. The Balaban J connectivity index is 2.06. The van der Waals surface area contributed by atoms with Gasteiger partial charge in [0.05, 0.1) is 25.2 Å². The van der Waals surface area contributed by atoms with Gasteiger partial charge in [0, 0.05) is 12.6 Å². The van der Waals surface area contributed by atoms with Gasteiger partial charge in [0.2, 0.25) is 0 Å². The third-order valence-electron chi connectivity index (χ3n) is 2.45. The van der Waals surface area contributed by atoms with Crippen LogP contribution in [-0.2, 0) is 6.54 Å². The Bertz CT molecular complexity index is 546. The summed E-state index contributed by atoms with van der Waals surface area (Å²) in [5, 5.41) is 12.5. The highest BCUT2D eigenvalue weighted by Crippen LogP contribution is 2.26. The molecule has 0 unspecified atom stereocenters. The first-order chi connectivity index (χ1) is 8.69. The Morgan fingerprint density at radius 3 is 2.89 bits per heavy atom. The minimum Gasteiger partial charge on any atom is -0.504 e. The van der Waals surface area contributed by atoms with E-state index in [-0.39, 0.29) is 11.6 Å². The van der Waals surface area contributed by atoms with E-state index in [0.29, 0.717) is 18.0 Å². The molecule has 0 aliphatic rings. The summed E-state index contributed by atoms with van der Waals surface area (Å²) in [6.07, 6.45) is 2.69. The monoisotopic (exact) mass is 248 g/mol. The molecule has 94 valence electrons. The van der Waals surface area contributed by atoms with Gasteiger partial charge in [-0.15, -0.1) is 0 Å². The van der Waals surface area contributed by atoms with E-state index >= 15 is 0 Å². The molecule has 2 rings (SSSR count). The van der Waals surface area contributed by atoms with Crippen LogP contribution in [0.3, 0.4) is 0 Å². The second-order valence-electron chi connectivity index (χ2n) is 3.75. The second kappa shape index (κ2) is 5.35. The number of anilines is 1. The number of methoxy groups -OCH3 is 1. The largest absolute Gasteiger partial charge is 0.504 e. The zero-order valence-corrected chi connectivity index (χ0v) is 9.85. The Kier molecular flexibility index (Phi) is 3.62. The van der Waals surface area contributed by atoms with Crippen LogP contribution in [0.15, 0.2) is 36.7 Å². The Labute approximate surface area is 104 Å². The number of hydrogen-bond donors (Lipinski definition) is 2. The highest BCUT2D eigenvalue weighted by molar-refractivity contribution is 5.45. The first kappa shape index (κ1) is 12.2. The van der Waals surface area contributed by atoms with Crippen LogP contribution in [0.5, 0.6) is 11.5 Å². The number of nitrogens with zero attached hydrogens (tertiary/aromatic N) is 1. The number of hydrogen-bond acceptors (Lipinski definition) is 4. The van der Waals surface area contributed by atoms with Crippen LogP contribution in [0, 0.1) is 5.82 Å². The third-order valence-corrected chi connectivity index (χ3v) is 2.45. The zero-order valence-electron chi connectivity index (χ0n) is 9.85. The fourth-order valence-electron chi connectivity index (χ4n) is 1.54. The molecule has 18 heavy (non-hydrogen) atoms. The lowest BCUT2D eigenvalue weighted by Crippen LogP contribution is -2.00. The van der Waals surface area contributed by atoms with Gasteiger partial charge in [0.1, 0.15) is 5.82 Å². The molecule has 4 nitrogen and oxygen atoms in total. The van der Waals surface area contributed by atoms with E-state index in [2.05, 4.69) is 10.3 Å². The van der Waals surface area contributed by atoms with Gasteiger partial charge in [-0.1, -0.05) is 6.07 Å². The molecular formula is C13H13FN2O2. The normalized spacial score (nSPS) is 10.1. The van der Waals surface area contributed by atoms with Crippen molar-refractivity contribution >= 4 is 5.69 Å². The number of pyridine rings is 1. The number of aromatic nitrogens is 1. The number of halogens is 1. The summed E-state index contributed by atoms with van der Waals surface area (Å²) in [5.74, 6) is 0.114. The van der Waals surface area contributed by atoms with Crippen molar-refractivity contribution in [3.05, 3.63) is 48.0 Å². The number of benzene rings is 1. The number of phenols is 1. The highest BCUT2D eigenvalue weighted by atomic mass is 19.1. The Morgan fingerprint density at radius 2 is 2.17 bits per heavy atom. The number of nitrogens with one attached hydrogen (secondary N) is 1. The minimum atomic E-state index is -0.386. The van der Waals surface area contributed by atoms with Crippen molar-refractivity contribution in [1.29, 1.82) is 0 Å². The molecule has 2 aromatic rings. The Morgan fingerprint density at radius 1 is 1.33 bits per heavy atom. The predicted octanol–water partition coefficient (Wildman–Crippen LogP) is 2.55. The fourth-order valence-corrected chi connectivity index (χ4v) is 1.54. The topological polar surface area (TPSA) is 54.4 Å². The van der Waals surface area contributed by atoms with Crippen molar-refractivity contribution in [2.45, 2.75) is 6.54 Å². The summed E-state index contributed by atoms with van der Waals surface area (Å²) in [4.78, 5) is 3.74. The van der Waals surface area contributed by atoms with E-state index in [1.165, 1.54) is 13.2 Å². The molecule has 5 heteroatoms. The standard InChI is InChI=1S/C13H13FN2O2/c1-18-13-4-9(2-3-12(13)17)6-16-11-5-10(14)7-15-8-11/h2-5,7-8,16-17H,6H2,1H3. The van der Waals surface area contributed by atoms with Gasteiger partial charge in [-0.3, -0.25) is 4.98 Å². The van der Waals surface area contributed by atoms with Crippen LogP contribution in [0.2, 0.25) is 0 Å². The molecule has 0 aliphatic carbocycles. The van der Waals surface area contributed by atoms with E-state index < -0.39 is 0 Å². The molecule has 0 fully saturated rings. The summed E-state index contributed by atoms with van der Waals surface area (Å²) >= 11 is 0. The first-order valence-electron chi connectivity index (χ1n) is 5.39. The van der Waals surface area contributed by atoms with E-state index in [1.807, 2.05) is 0 Å². The summed E-state index contributed by atoms with van der Waals surface area (Å²) in [5.41, 5.74) is 1.51. The van der Waals surface area contributed by atoms with Crippen LogP contribution in [0.25, 0.3) is 0 Å². The lowest BCUT2D eigenvalue weighted by Gasteiger charge is -2.08. The van der Waals surface area contributed by atoms with Crippen molar-refractivity contribution in [2.75, 3.05) is 12.4 Å². The maximum absolute atomic E-state index is 12.9. The highest BCUT2D eigenvalue weighted by Gasteiger charge is 2.03. The van der Waals surface area contributed by atoms with Gasteiger partial charge in [-0.05, 0) is 17.7 Å². The summed E-state index contributed by atoms with van der Waals surface area (Å²) in [7, 11) is 1.49. The van der Waals surface area contributed by atoms with Gasteiger partial charge in [-0.25, -0.2) is 4.39 Å². The quantitative estimate of drug-likeness (QED) is 0.873. The van der Waals surface area contributed by atoms with Crippen LogP contribution < -0.4 is 10.1 Å². The predicted molar refractivity (Wildman–Crippen MR) is 66.2 cm³/mol. The Hall–Kier alpha value is -2.30. The minimum absolute atomic E-state index is 0.0914. The smallest absolute Gasteiger partial charge is 0.160 e. The summed E-state index contributed by atoms with van der Waals surface area (Å²) < 4.78 is 17.9. The van der Waals surface area contributed by atoms with Crippen molar-refractivity contribution < 1.29 is 14.2 Å². The SMILES string of the molecule is COc1cc(CNc2cncc(F)c2)ccc1O. The molecule has 1 heterocycles. The lowest BCUT2D eigenvalue weighted by atomic mass is 10.2. The van der Waals surface area contributed by atoms with E-state index in [9.17, 15) is 9.50 Å². The number of phenolic OH excluding ortho intramolecular Hbond substituents is 1. The van der Waals surface area contributed by atoms with Crippen molar-refractivity contribution in [1.82, 2.24) is 4.98 Å². The summed E-state index contributed by atoms with van der Waals surface area (Å²) in [6.45, 7) is 0.488. The first-order valence-corrected chi connectivity index (χ1v) is 5.39. The van der Waals surface area contributed by atoms with Crippen molar-refractivity contribution in [3.63, 3.8) is 0 Å². The molecule has 0 spiro atoms. The second-order valence-corrected chi connectivity index (χ2v) is 3.75. The van der Waals surface area contributed by atoms with Gasteiger partial charge < -0.3 is 15.2 Å². The molecular weight excluding hydrogens is 235 g/mol. The van der Waals surface area contributed by atoms with Gasteiger partial charge >= 0.3 is 0 Å². The third kappa shape index (κ3) is 2.88. The maximum Gasteiger partial charge on any atom is 0.160 e. The molecule has 1 aromatic carbocycles. The zero-order chi connectivity index (χ0) is 13.0. The lowest BCUT2D eigenvalue weighted by molar-refractivity contribution is 0.373. The van der Waals surface area contributed by atoms with Crippen LogP contribution in [-0.4, -0.2) is 17.2 Å². The van der Waals surface area contributed by atoms with Crippen molar-refractivity contribution in [2.24, 2.45) is 0 Å². The van der Waals surface area contributed by atoms with Gasteiger partial charge in [0.25, 0.3) is 0 Å². The molecule has 0 saturated heterocycles. The fraction of sp³-hybridized carbons (Fsp3) is 0.154. The molecule has 2 N–H and O–H groups in total. The molecule has 0 aliphatic heterocycles. The van der Waals surface area contributed by atoms with Gasteiger partial charge in [0.15, 0.2) is 11.5 Å². The van der Waals surface area contributed by atoms with Crippen LogP contribution in [0.4, 0.5) is 10.1 Å². The average molecular weight is 248 g/mol. The molecule has 0 saturated carbocycles. The number of ether oxygens (including phenoxy) is 1. The average Bonchev–Trinajstić information content (AvgIpc) is 2.38. The van der Waals surface area contributed by atoms with Gasteiger partial charge in [-0.2, -0.15) is 0 Å². The van der Waals surface area contributed by atoms with Crippen molar-refractivity contribution in [3.8, 4) is 11.5 Å². The van der Waals surface area contributed by atoms with E-state index in [4.69, 9.17) is 4.74 Å².